The number of aromatic nitrogens is 3. The number of hydrogen-bond acceptors (Lipinski definition) is 3. The number of alkyl halides is 3. The average molecular weight is 417 g/mol. The molecule has 1 aliphatic heterocycles. The van der Waals surface area contributed by atoms with Crippen LogP contribution in [0.5, 0.6) is 0 Å². The number of aromatic amines is 1. The third-order valence-electron chi connectivity index (χ3n) is 4.98. The Bertz CT molecular complexity index is 1030. The van der Waals surface area contributed by atoms with Crippen LogP contribution in [0.15, 0.2) is 12.3 Å². The minimum Gasteiger partial charge on any atom is -0.387 e. The smallest absolute Gasteiger partial charge is 0.333 e. The average Bonchev–Trinajstić information content (AvgIpc) is 3.29. The molecule has 0 aromatic carbocycles. The number of nitrogens with one attached hydrogen (secondary N) is 1. The van der Waals surface area contributed by atoms with Crippen molar-refractivity contribution in [3.63, 3.8) is 0 Å². The van der Waals surface area contributed by atoms with Gasteiger partial charge in [-0.25, -0.2) is 4.68 Å². The van der Waals surface area contributed by atoms with Crippen molar-refractivity contribution in [1.82, 2.24) is 19.7 Å². The van der Waals surface area contributed by atoms with Crippen molar-refractivity contribution < 1.29 is 18.7 Å². The molecule has 3 heterocycles. The highest BCUT2D eigenvalue weighted by Crippen LogP contribution is 2.29. The van der Waals surface area contributed by atoms with Crippen molar-refractivity contribution in [2.24, 2.45) is 0 Å². The molecular formula is C17H16Cl2F2N4O2. The van der Waals surface area contributed by atoms with Crippen molar-refractivity contribution in [3.8, 4) is 0 Å². The molecule has 0 bridgehead atoms. The number of aliphatic hydroxyl groups is 1. The number of aliphatic hydroxyl groups excluding tert-OH is 1. The number of fused-ring (bicyclic) bond motifs is 3. The third-order valence-corrected chi connectivity index (χ3v) is 5.91. The van der Waals surface area contributed by atoms with Crippen LogP contribution in [0.25, 0.3) is 10.6 Å². The van der Waals surface area contributed by atoms with Crippen LogP contribution in [-0.2, 0) is 17.8 Å². The number of nitrogens with zero attached hydrogens (tertiary/aromatic N) is 3. The third kappa shape index (κ3) is 3.05. The SMILES string of the molecule is O=C(CO)N1CCc2[nH]c3c(c2C1)=C(c1ccn(C(F)F)n1)CC(Cl)C=3Cl. The number of halogens is 4. The Morgan fingerprint density at radius 3 is 2.93 bits per heavy atom. The summed E-state index contributed by atoms with van der Waals surface area (Å²) in [5.41, 5.74) is 2.90. The van der Waals surface area contributed by atoms with Gasteiger partial charge in [0.15, 0.2) is 0 Å². The maximum Gasteiger partial charge on any atom is 0.333 e. The second kappa shape index (κ2) is 6.92. The van der Waals surface area contributed by atoms with Crippen LogP contribution in [0, 0.1) is 0 Å². The van der Waals surface area contributed by atoms with Gasteiger partial charge in [0.05, 0.1) is 21.5 Å². The Labute approximate surface area is 162 Å². The van der Waals surface area contributed by atoms with E-state index >= 15 is 0 Å². The lowest BCUT2D eigenvalue weighted by molar-refractivity contribution is -0.135. The Morgan fingerprint density at radius 2 is 2.26 bits per heavy atom. The first-order valence-electron chi connectivity index (χ1n) is 8.39. The molecule has 0 saturated carbocycles. The summed E-state index contributed by atoms with van der Waals surface area (Å²) in [4.78, 5) is 16.8. The molecule has 2 aromatic rings. The topological polar surface area (TPSA) is 74.2 Å². The van der Waals surface area contributed by atoms with Gasteiger partial charge < -0.3 is 15.0 Å². The lowest BCUT2D eigenvalue weighted by atomic mass is 9.95. The molecule has 0 saturated heterocycles. The van der Waals surface area contributed by atoms with Crippen LogP contribution >= 0.6 is 23.2 Å². The molecule has 1 unspecified atom stereocenters. The van der Waals surface area contributed by atoms with Gasteiger partial charge in [0, 0.05) is 42.2 Å². The number of carbonyl (C=O) groups is 1. The zero-order valence-electron chi connectivity index (χ0n) is 14.1. The fraction of sp³-hybridized carbons (Fsp3) is 0.412. The summed E-state index contributed by atoms with van der Waals surface area (Å²) in [6.07, 6.45) is 2.13. The van der Waals surface area contributed by atoms with Crippen molar-refractivity contribution in [1.29, 1.82) is 0 Å². The van der Waals surface area contributed by atoms with Crippen molar-refractivity contribution >= 4 is 39.7 Å². The summed E-state index contributed by atoms with van der Waals surface area (Å²) >= 11 is 12.8. The number of carbonyl (C=O) groups excluding carboxylic acids is 1. The maximum absolute atomic E-state index is 12.9. The predicted octanol–water partition coefficient (Wildman–Crippen LogP) is 1.04. The summed E-state index contributed by atoms with van der Waals surface area (Å²) in [5.74, 6) is -0.361. The van der Waals surface area contributed by atoms with Crippen LogP contribution in [0.4, 0.5) is 8.78 Å². The second-order valence-corrected chi connectivity index (χ2v) is 7.45. The van der Waals surface area contributed by atoms with Crippen molar-refractivity contribution in [3.05, 3.63) is 39.8 Å². The predicted molar refractivity (Wildman–Crippen MR) is 95.8 cm³/mol. The van der Waals surface area contributed by atoms with Crippen LogP contribution in [0.1, 0.15) is 29.9 Å². The van der Waals surface area contributed by atoms with Gasteiger partial charge in [0.1, 0.15) is 6.61 Å². The van der Waals surface area contributed by atoms with E-state index in [0.717, 1.165) is 16.5 Å². The number of amides is 1. The number of hydrogen-bond donors (Lipinski definition) is 2. The van der Waals surface area contributed by atoms with E-state index in [2.05, 4.69) is 10.1 Å². The molecule has 2 aliphatic rings. The van der Waals surface area contributed by atoms with Gasteiger partial charge >= 0.3 is 6.55 Å². The van der Waals surface area contributed by atoms with Crippen molar-refractivity contribution in [2.75, 3.05) is 13.2 Å². The fourth-order valence-electron chi connectivity index (χ4n) is 3.69. The Morgan fingerprint density at radius 1 is 1.48 bits per heavy atom. The van der Waals surface area contributed by atoms with E-state index in [4.69, 9.17) is 28.3 Å². The second-order valence-electron chi connectivity index (χ2n) is 6.51. The minimum atomic E-state index is -2.73. The summed E-state index contributed by atoms with van der Waals surface area (Å²) in [6, 6.07) is 1.52. The van der Waals surface area contributed by atoms with Crippen LogP contribution < -0.4 is 10.6 Å². The van der Waals surface area contributed by atoms with E-state index in [1.165, 1.54) is 12.3 Å². The lowest BCUT2D eigenvalue weighted by Crippen LogP contribution is -2.41. The quantitative estimate of drug-likeness (QED) is 0.734. The minimum absolute atomic E-state index is 0.302. The standard InChI is InChI=1S/C17H16Cl2F2N4O2/c18-10-5-8(12-2-4-25(23-12)17(20)21)14-9-6-24(13(27)7-26)3-1-11(9)22-16(14)15(10)19/h2,4,10,17,22,26H,1,3,5-7H2. The summed E-state index contributed by atoms with van der Waals surface area (Å²) in [7, 11) is 0. The normalized spacial score (nSPS) is 19.5. The number of H-pyrrole nitrogens is 1. The molecule has 1 amide bonds. The van der Waals surface area contributed by atoms with E-state index in [0.29, 0.717) is 52.3 Å². The summed E-state index contributed by atoms with van der Waals surface area (Å²) < 4.78 is 26.5. The van der Waals surface area contributed by atoms with E-state index in [-0.39, 0.29) is 5.91 Å². The van der Waals surface area contributed by atoms with Gasteiger partial charge in [0.2, 0.25) is 5.91 Å². The van der Waals surface area contributed by atoms with Crippen molar-refractivity contribution in [2.45, 2.75) is 31.3 Å². The molecule has 0 radical (unpaired) electrons. The summed E-state index contributed by atoms with van der Waals surface area (Å²) in [5, 5.41) is 14.5. The zero-order valence-corrected chi connectivity index (χ0v) is 15.6. The van der Waals surface area contributed by atoms with Crippen LogP contribution in [0.3, 0.4) is 0 Å². The van der Waals surface area contributed by atoms with Crippen LogP contribution in [-0.4, -0.2) is 49.2 Å². The Balaban J connectivity index is 1.94. The molecular weight excluding hydrogens is 401 g/mol. The number of rotatable bonds is 3. The van der Waals surface area contributed by atoms with E-state index in [9.17, 15) is 13.6 Å². The molecule has 6 nitrogen and oxygen atoms in total. The highest BCUT2D eigenvalue weighted by atomic mass is 35.5. The van der Waals surface area contributed by atoms with Gasteiger partial charge in [-0.3, -0.25) is 4.79 Å². The first-order chi connectivity index (χ1) is 12.9. The largest absolute Gasteiger partial charge is 0.387 e. The molecule has 2 aromatic heterocycles. The lowest BCUT2D eigenvalue weighted by Gasteiger charge is -2.27. The van der Waals surface area contributed by atoms with Gasteiger partial charge in [-0.05, 0) is 18.1 Å². The maximum atomic E-state index is 12.9. The Hall–Kier alpha value is -1.90. The molecule has 10 heteroatoms. The highest BCUT2D eigenvalue weighted by Gasteiger charge is 2.29. The molecule has 27 heavy (non-hydrogen) atoms. The first kappa shape index (κ1) is 18.5. The molecule has 4 rings (SSSR count). The van der Waals surface area contributed by atoms with Gasteiger partial charge in [-0.2, -0.15) is 13.9 Å². The fourth-order valence-corrected chi connectivity index (χ4v) is 4.17. The van der Waals surface area contributed by atoms with Gasteiger partial charge in [-0.1, -0.05) is 11.6 Å². The van der Waals surface area contributed by atoms with Gasteiger partial charge in [0.25, 0.3) is 0 Å². The molecule has 144 valence electrons. The molecule has 0 fully saturated rings. The first-order valence-corrected chi connectivity index (χ1v) is 9.21. The monoisotopic (exact) mass is 416 g/mol. The van der Waals surface area contributed by atoms with Gasteiger partial charge in [-0.15, -0.1) is 11.6 Å². The molecule has 0 spiro atoms. The molecule has 2 N–H and O–H groups in total. The molecule has 1 aliphatic carbocycles. The van der Waals surface area contributed by atoms with E-state index in [1.54, 1.807) is 4.90 Å². The zero-order chi connectivity index (χ0) is 19.3. The Kier molecular flexibility index (Phi) is 4.73. The van der Waals surface area contributed by atoms with Crippen LogP contribution in [0.2, 0.25) is 0 Å². The highest BCUT2D eigenvalue weighted by molar-refractivity contribution is 6.51. The van der Waals surface area contributed by atoms with E-state index in [1.807, 2.05) is 0 Å². The van der Waals surface area contributed by atoms with E-state index < -0.39 is 18.5 Å². The molecule has 1 atom stereocenters. The summed E-state index contributed by atoms with van der Waals surface area (Å²) in [6.45, 7) is -2.52.